The Hall–Kier alpha value is -1.06. The number of piperidine rings is 1. The van der Waals surface area contributed by atoms with E-state index in [-0.39, 0.29) is 17.7 Å². The van der Waals surface area contributed by atoms with Crippen LogP contribution in [-0.2, 0) is 9.59 Å². The van der Waals surface area contributed by atoms with Crippen LogP contribution in [0.5, 0.6) is 0 Å². The van der Waals surface area contributed by atoms with Gasteiger partial charge in [-0.2, -0.15) is 0 Å². The summed E-state index contributed by atoms with van der Waals surface area (Å²) in [5, 5.41) is 0. The topological polar surface area (TPSA) is 40.6 Å². The summed E-state index contributed by atoms with van der Waals surface area (Å²) in [5.41, 5.74) is 0. The Balaban J connectivity index is 1.83. The number of carbonyl (C=O) groups excluding carboxylic acids is 2. The Morgan fingerprint density at radius 2 is 1.69 bits per heavy atom. The maximum Gasteiger partial charge on any atom is 0.225 e. The minimum atomic E-state index is 0.126. The van der Waals surface area contributed by atoms with Gasteiger partial charge >= 0.3 is 0 Å². The van der Waals surface area contributed by atoms with Crippen molar-refractivity contribution >= 4 is 11.8 Å². The summed E-state index contributed by atoms with van der Waals surface area (Å²) in [4.78, 5) is 27.0. The molecular formula is C12H20N2O2. The second-order valence-electron chi connectivity index (χ2n) is 4.96. The van der Waals surface area contributed by atoms with Crippen LogP contribution in [-0.4, -0.2) is 47.8 Å². The third-order valence-electron chi connectivity index (χ3n) is 3.73. The molecule has 90 valence electrons. The molecule has 4 nitrogen and oxygen atoms in total. The lowest BCUT2D eigenvalue weighted by atomic mass is 9.95. The van der Waals surface area contributed by atoms with Crippen molar-refractivity contribution in [3.63, 3.8) is 0 Å². The second kappa shape index (κ2) is 4.44. The van der Waals surface area contributed by atoms with Crippen LogP contribution < -0.4 is 0 Å². The Labute approximate surface area is 96.6 Å². The SMILES string of the molecule is CC(=O)N1CCC(C(=O)N(C)C2CC2)CC1. The second-order valence-corrected chi connectivity index (χ2v) is 4.96. The van der Waals surface area contributed by atoms with E-state index in [9.17, 15) is 9.59 Å². The molecule has 0 bridgehead atoms. The molecule has 0 atom stereocenters. The fraction of sp³-hybridized carbons (Fsp3) is 0.833. The number of nitrogens with zero attached hydrogens (tertiary/aromatic N) is 2. The molecule has 0 aromatic carbocycles. The zero-order chi connectivity index (χ0) is 11.7. The van der Waals surface area contributed by atoms with Crippen LogP contribution in [0.15, 0.2) is 0 Å². The van der Waals surface area contributed by atoms with Gasteiger partial charge in [0.1, 0.15) is 0 Å². The van der Waals surface area contributed by atoms with Gasteiger partial charge in [0.05, 0.1) is 0 Å². The molecule has 1 saturated carbocycles. The minimum absolute atomic E-state index is 0.126. The first-order valence-corrected chi connectivity index (χ1v) is 6.11. The molecule has 0 aromatic heterocycles. The highest BCUT2D eigenvalue weighted by molar-refractivity contribution is 5.80. The molecule has 0 radical (unpaired) electrons. The highest BCUT2D eigenvalue weighted by Crippen LogP contribution is 2.28. The maximum absolute atomic E-state index is 12.1. The molecule has 0 spiro atoms. The van der Waals surface area contributed by atoms with Crippen LogP contribution in [0.1, 0.15) is 32.6 Å². The van der Waals surface area contributed by atoms with E-state index in [1.165, 1.54) is 0 Å². The molecular weight excluding hydrogens is 204 g/mol. The molecule has 1 aliphatic carbocycles. The highest BCUT2D eigenvalue weighted by atomic mass is 16.2. The maximum atomic E-state index is 12.1. The van der Waals surface area contributed by atoms with E-state index in [1.54, 1.807) is 6.92 Å². The van der Waals surface area contributed by atoms with Crippen molar-refractivity contribution in [2.45, 2.75) is 38.6 Å². The summed E-state index contributed by atoms with van der Waals surface area (Å²) in [6.45, 7) is 3.08. The number of hydrogen-bond acceptors (Lipinski definition) is 2. The monoisotopic (exact) mass is 224 g/mol. The van der Waals surface area contributed by atoms with Gasteiger partial charge in [0, 0.05) is 39.0 Å². The predicted molar refractivity (Wildman–Crippen MR) is 60.8 cm³/mol. The number of amides is 2. The van der Waals surface area contributed by atoms with Gasteiger partial charge in [0.15, 0.2) is 0 Å². The van der Waals surface area contributed by atoms with Gasteiger partial charge in [0.2, 0.25) is 11.8 Å². The number of rotatable bonds is 2. The fourth-order valence-electron chi connectivity index (χ4n) is 2.37. The molecule has 1 heterocycles. The van der Waals surface area contributed by atoms with Crippen molar-refractivity contribution in [3.05, 3.63) is 0 Å². The molecule has 4 heteroatoms. The quantitative estimate of drug-likeness (QED) is 0.698. The third kappa shape index (κ3) is 2.36. The van der Waals surface area contributed by atoms with Gasteiger partial charge in [0.25, 0.3) is 0 Å². The zero-order valence-corrected chi connectivity index (χ0v) is 10.1. The molecule has 1 aliphatic heterocycles. The highest BCUT2D eigenvalue weighted by Gasteiger charge is 2.34. The van der Waals surface area contributed by atoms with Gasteiger partial charge in [-0.1, -0.05) is 0 Å². The van der Waals surface area contributed by atoms with Crippen molar-refractivity contribution < 1.29 is 9.59 Å². The number of hydrogen-bond donors (Lipinski definition) is 0. The van der Waals surface area contributed by atoms with E-state index in [2.05, 4.69) is 0 Å². The van der Waals surface area contributed by atoms with Crippen LogP contribution in [0.25, 0.3) is 0 Å². The lowest BCUT2D eigenvalue weighted by molar-refractivity contribution is -0.139. The van der Waals surface area contributed by atoms with Crippen LogP contribution in [0.4, 0.5) is 0 Å². The lowest BCUT2D eigenvalue weighted by Gasteiger charge is -2.32. The molecule has 0 aromatic rings. The van der Waals surface area contributed by atoms with E-state index >= 15 is 0 Å². The smallest absolute Gasteiger partial charge is 0.225 e. The van der Waals surface area contributed by atoms with Gasteiger partial charge in [-0.3, -0.25) is 9.59 Å². The first kappa shape index (κ1) is 11.4. The van der Waals surface area contributed by atoms with E-state index < -0.39 is 0 Å². The van der Waals surface area contributed by atoms with Crippen LogP contribution in [0.3, 0.4) is 0 Å². The van der Waals surface area contributed by atoms with E-state index in [1.807, 2.05) is 16.8 Å². The van der Waals surface area contributed by atoms with Crippen molar-refractivity contribution in [1.29, 1.82) is 0 Å². The van der Waals surface area contributed by atoms with Gasteiger partial charge < -0.3 is 9.80 Å². The van der Waals surface area contributed by atoms with Crippen LogP contribution in [0.2, 0.25) is 0 Å². The summed E-state index contributed by atoms with van der Waals surface area (Å²) in [6, 6.07) is 0.498. The average molecular weight is 224 g/mol. The largest absolute Gasteiger partial charge is 0.343 e. The molecule has 0 unspecified atom stereocenters. The molecule has 2 aliphatic rings. The fourth-order valence-corrected chi connectivity index (χ4v) is 2.37. The summed E-state index contributed by atoms with van der Waals surface area (Å²) in [5.74, 6) is 0.549. The van der Waals surface area contributed by atoms with Gasteiger partial charge in [-0.15, -0.1) is 0 Å². The summed E-state index contributed by atoms with van der Waals surface area (Å²) in [6.07, 6.45) is 3.98. The molecule has 0 N–H and O–H groups in total. The summed E-state index contributed by atoms with van der Waals surface area (Å²) in [7, 11) is 1.91. The van der Waals surface area contributed by atoms with E-state index in [4.69, 9.17) is 0 Å². The molecule has 2 rings (SSSR count). The molecule has 16 heavy (non-hydrogen) atoms. The average Bonchev–Trinajstić information content (AvgIpc) is 3.11. The molecule has 2 fully saturated rings. The third-order valence-corrected chi connectivity index (χ3v) is 3.73. The van der Waals surface area contributed by atoms with Crippen LogP contribution >= 0.6 is 0 Å². The minimum Gasteiger partial charge on any atom is -0.343 e. The van der Waals surface area contributed by atoms with E-state index in [0.29, 0.717) is 6.04 Å². The van der Waals surface area contributed by atoms with Crippen molar-refractivity contribution in [1.82, 2.24) is 9.80 Å². The Bertz CT molecular complexity index is 291. The first-order valence-electron chi connectivity index (χ1n) is 6.11. The Morgan fingerprint density at radius 1 is 1.12 bits per heavy atom. The molecule has 2 amide bonds. The van der Waals surface area contributed by atoms with Gasteiger partial charge in [-0.05, 0) is 25.7 Å². The zero-order valence-electron chi connectivity index (χ0n) is 10.1. The van der Waals surface area contributed by atoms with Crippen molar-refractivity contribution in [2.75, 3.05) is 20.1 Å². The van der Waals surface area contributed by atoms with Crippen molar-refractivity contribution in [2.24, 2.45) is 5.92 Å². The Morgan fingerprint density at radius 3 is 2.12 bits per heavy atom. The Kier molecular flexibility index (Phi) is 3.17. The lowest BCUT2D eigenvalue weighted by Crippen LogP contribution is -2.43. The number of likely N-dealkylation sites (tertiary alicyclic amines) is 1. The van der Waals surface area contributed by atoms with Crippen molar-refractivity contribution in [3.8, 4) is 0 Å². The first-order chi connectivity index (χ1) is 7.59. The van der Waals surface area contributed by atoms with Gasteiger partial charge in [-0.25, -0.2) is 0 Å². The van der Waals surface area contributed by atoms with E-state index in [0.717, 1.165) is 38.8 Å². The van der Waals surface area contributed by atoms with Crippen LogP contribution in [0, 0.1) is 5.92 Å². The number of carbonyl (C=O) groups is 2. The standard InChI is InChI=1S/C12H20N2O2/c1-9(15)14-7-5-10(6-8-14)12(16)13(2)11-3-4-11/h10-11H,3-8H2,1-2H3. The molecule has 1 saturated heterocycles. The summed E-state index contributed by atoms with van der Waals surface area (Å²) >= 11 is 0. The summed E-state index contributed by atoms with van der Waals surface area (Å²) < 4.78 is 0. The normalized spacial score (nSPS) is 22.0. The predicted octanol–water partition coefficient (Wildman–Crippen LogP) is 0.866.